The molecule has 132 valence electrons. The number of nitrogens with one attached hydrogen (secondary N) is 1. The molecule has 0 heterocycles. The molecule has 2 aromatic carbocycles. The minimum absolute atomic E-state index is 0.0941. The van der Waals surface area contributed by atoms with Crippen LogP contribution in [0.25, 0.3) is 0 Å². The summed E-state index contributed by atoms with van der Waals surface area (Å²) < 4.78 is 5.23. The summed E-state index contributed by atoms with van der Waals surface area (Å²) in [6.07, 6.45) is 0.539. The van der Waals surface area contributed by atoms with E-state index in [2.05, 4.69) is 5.32 Å². The van der Waals surface area contributed by atoms with Crippen LogP contribution in [0.1, 0.15) is 34.3 Å². The fraction of sp³-hybridized carbons (Fsp3) is 0.263. The van der Waals surface area contributed by atoms with Gasteiger partial charge in [0.1, 0.15) is 5.75 Å². The summed E-state index contributed by atoms with van der Waals surface area (Å²) >= 11 is 5.96. The van der Waals surface area contributed by atoms with Crippen LogP contribution in [0.5, 0.6) is 5.75 Å². The van der Waals surface area contributed by atoms with Gasteiger partial charge in [-0.15, -0.1) is 0 Å². The van der Waals surface area contributed by atoms with Crippen LogP contribution in [0.3, 0.4) is 0 Å². The maximum absolute atomic E-state index is 12.3. The molecule has 6 heteroatoms. The van der Waals surface area contributed by atoms with Gasteiger partial charge < -0.3 is 15.2 Å². The third-order valence-electron chi connectivity index (χ3n) is 3.97. The van der Waals surface area contributed by atoms with Gasteiger partial charge in [-0.3, -0.25) is 4.79 Å². The summed E-state index contributed by atoms with van der Waals surface area (Å²) in [6, 6.07) is 11.9. The molecule has 0 aliphatic heterocycles. The van der Waals surface area contributed by atoms with Crippen LogP contribution >= 0.6 is 11.6 Å². The molecule has 0 aliphatic rings. The average molecular weight is 362 g/mol. The molecule has 2 N–H and O–H groups in total. The van der Waals surface area contributed by atoms with Gasteiger partial charge in [-0.1, -0.05) is 29.8 Å². The van der Waals surface area contributed by atoms with Gasteiger partial charge >= 0.3 is 5.97 Å². The van der Waals surface area contributed by atoms with Gasteiger partial charge in [0.2, 0.25) is 5.91 Å². The Labute approximate surface area is 151 Å². The highest BCUT2D eigenvalue weighted by Gasteiger charge is 2.15. The number of hydrogen-bond acceptors (Lipinski definition) is 3. The van der Waals surface area contributed by atoms with Crippen molar-refractivity contribution in [3.63, 3.8) is 0 Å². The number of benzene rings is 2. The van der Waals surface area contributed by atoms with Gasteiger partial charge in [0, 0.05) is 11.6 Å². The van der Waals surface area contributed by atoms with Gasteiger partial charge in [0.25, 0.3) is 0 Å². The molecule has 0 bridgehead atoms. The van der Waals surface area contributed by atoms with Crippen LogP contribution in [0, 0.1) is 0 Å². The first-order valence-electron chi connectivity index (χ1n) is 7.85. The lowest BCUT2D eigenvalue weighted by molar-refractivity contribution is -0.122. The molecule has 0 radical (unpaired) electrons. The van der Waals surface area contributed by atoms with E-state index in [0.717, 1.165) is 11.1 Å². The van der Waals surface area contributed by atoms with E-state index in [1.165, 1.54) is 19.2 Å². The van der Waals surface area contributed by atoms with Crippen molar-refractivity contribution in [3.8, 4) is 5.75 Å². The maximum Gasteiger partial charge on any atom is 0.335 e. The Kier molecular flexibility index (Phi) is 6.42. The van der Waals surface area contributed by atoms with Crippen molar-refractivity contribution in [2.75, 3.05) is 13.7 Å². The molecule has 1 amide bonds. The Morgan fingerprint density at radius 1 is 1.24 bits per heavy atom. The number of carbonyl (C=O) groups is 2. The topological polar surface area (TPSA) is 75.6 Å². The number of carboxylic acid groups (broad SMARTS) is 1. The number of aromatic carboxylic acids is 1. The molecule has 1 atom stereocenters. The monoisotopic (exact) mass is 361 g/mol. The molecule has 1 unspecified atom stereocenters. The number of carbonyl (C=O) groups excluding carboxylic acids is 1. The highest BCUT2D eigenvalue weighted by atomic mass is 35.5. The predicted octanol–water partition coefficient (Wildman–Crippen LogP) is 3.51. The largest absolute Gasteiger partial charge is 0.496 e. The lowest BCUT2D eigenvalue weighted by Gasteiger charge is -2.14. The second kappa shape index (κ2) is 8.53. The van der Waals surface area contributed by atoms with E-state index in [1.54, 1.807) is 18.2 Å². The highest BCUT2D eigenvalue weighted by Crippen LogP contribution is 2.21. The third kappa shape index (κ3) is 4.97. The Hall–Kier alpha value is -2.53. The summed E-state index contributed by atoms with van der Waals surface area (Å²) in [6.45, 7) is 2.25. The van der Waals surface area contributed by atoms with Crippen LogP contribution in [0.4, 0.5) is 0 Å². The summed E-state index contributed by atoms with van der Waals surface area (Å²) in [5.41, 5.74) is 1.86. The quantitative estimate of drug-likeness (QED) is 0.791. The molecule has 5 nitrogen and oxygen atoms in total. The second-order valence-electron chi connectivity index (χ2n) is 5.65. The first-order chi connectivity index (χ1) is 11.9. The number of carboxylic acids is 1. The van der Waals surface area contributed by atoms with Crippen LogP contribution in [0.2, 0.25) is 5.02 Å². The Bertz CT molecular complexity index is 776. The molecule has 0 saturated heterocycles. The number of ether oxygens (including phenoxy) is 1. The first kappa shape index (κ1) is 18.8. The SMILES string of the molecule is COc1cc(C(=O)O)ccc1CCNC(=O)C(C)c1cccc(Cl)c1. The van der Waals surface area contributed by atoms with Crippen LogP contribution in [-0.2, 0) is 11.2 Å². The first-order valence-corrected chi connectivity index (χ1v) is 8.23. The molecule has 2 rings (SSSR count). The molecular weight excluding hydrogens is 342 g/mol. The molecule has 0 aromatic heterocycles. The van der Waals surface area contributed by atoms with Crippen LogP contribution in [0.15, 0.2) is 42.5 Å². The number of rotatable bonds is 7. The van der Waals surface area contributed by atoms with E-state index in [0.29, 0.717) is 23.7 Å². The fourth-order valence-corrected chi connectivity index (χ4v) is 2.68. The maximum atomic E-state index is 12.3. The van der Waals surface area contributed by atoms with E-state index < -0.39 is 5.97 Å². The molecule has 2 aromatic rings. The Balaban J connectivity index is 1.96. The standard InChI is InChI=1S/C19H20ClNO4/c1-12(14-4-3-5-16(20)10-14)18(22)21-9-8-13-6-7-15(19(23)24)11-17(13)25-2/h3-7,10-12H,8-9H2,1-2H3,(H,21,22)(H,23,24). The lowest BCUT2D eigenvalue weighted by atomic mass is 10.0. The number of amides is 1. The molecule has 0 spiro atoms. The van der Waals surface area contributed by atoms with Crippen molar-refractivity contribution >= 4 is 23.5 Å². The minimum atomic E-state index is -1.01. The van der Waals surface area contributed by atoms with Crippen LogP contribution in [-0.4, -0.2) is 30.6 Å². The second-order valence-corrected chi connectivity index (χ2v) is 6.09. The molecule has 25 heavy (non-hydrogen) atoms. The summed E-state index contributed by atoms with van der Waals surface area (Å²) in [4.78, 5) is 23.3. The van der Waals surface area contributed by atoms with Gasteiger partial charge in [0.15, 0.2) is 0 Å². The zero-order chi connectivity index (χ0) is 18.4. The zero-order valence-corrected chi connectivity index (χ0v) is 14.8. The zero-order valence-electron chi connectivity index (χ0n) is 14.1. The molecule has 0 fully saturated rings. The third-order valence-corrected chi connectivity index (χ3v) is 4.20. The van der Waals surface area contributed by atoms with Crippen molar-refractivity contribution in [3.05, 3.63) is 64.2 Å². The van der Waals surface area contributed by atoms with Gasteiger partial charge in [-0.2, -0.15) is 0 Å². The van der Waals surface area contributed by atoms with Crippen molar-refractivity contribution in [1.29, 1.82) is 0 Å². The Morgan fingerprint density at radius 2 is 2.00 bits per heavy atom. The summed E-state index contributed by atoms with van der Waals surface area (Å²) in [7, 11) is 1.49. The van der Waals surface area contributed by atoms with Crippen molar-refractivity contribution in [1.82, 2.24) is 5.32 Å². The van der Waals surface area contributed by atoms with Crippen molar-refractivity contribution in [2.24, 2.45) is 0 Å². The van der Waals surface area contributed by atoms with Crippen molar-refractivity contribution < 1.29 is 19.4 Å². The van der Waals surface area contributed by atoms with Gasteiger partial charge in [-0.05, 0) is 48.7 Å². The van der Waals surface area contributed by atoms with Gasteiger partial charge in [0.05, 0.1) is 18.6 Å². The summed E-state index contributed by atoms with van der Waals surface area (Å²) in [5.74, 6) is -0.913. The van der Waals surface area contributed by atoms with E-state index in [9.17, 15) is 9.59 Å². The normalized spacial score (nSPS) is 11.6. The fourth-order valence-electron chi connectivity index (χ4n) is 2.48. The molecule has 0 saturated carbocycles. The smallest absolute Gasteiger partial charge is 0.335 e. The van der Waals surface area contributed by atoms with E-state index in [4.69, 9.17) is 21.4 Å². The number of hydrogen-bond donors (Lipinski definition) is 2. The minimum Gasteiger partial charge on any atom is -0.496 e. The number of halogens is 1. The average Bonchev–Trinajstić information content (AvgIpc) is 2.60. The van der Waals surface area contributed by atoms with E-state index >= 15 is 0 Å². The predicted molar refractivity (Wildman–Crippen MR) is 96.5 cm³/mol. The lowest BCUT2D eigenvalue weighted by Crippen LogP contribution is -2.29. The van der Waals surface area contributed by atoms with E-state index in [-0.39, 0.29) is 17.4 Å². The summed E-state index contributed by atoms with van der Waals surface area (Å²) in [5, 5.41) is 12.5. The number of methoxy groups -OCH3 is 1. The van der Waals surface area contributed by atoms with Crippen molar-refractivity contribution in [2.45, 2.75) is 19.3 Å². The van der Waals surface area contributed by atoms with Gasteiger partial charge in [-0.25, -0.2) is 4.79 Å². The highest BCUT2D eigenvalue weighted by molar-refractivity contribution is 6.30. The Morgan fingerprint density at radius 3 is 2.64 bits per heavy atom. The van der Waals surface area contributed by atoms with E-state index in [1.807, 2.05) is 19.1 Å². The molecule has 0 aliphatic carbocycles. The van der Waals surface area contributed by atoms with Crippen LogP contribution < -0.4 is 10.1 Å². The molecular formula is C19H20ClNO4.